The van der Waals surface area contributed by atoms with E-state index in [2.05, 4.69) is 49.8 Å². The number of benzene rings is 1. The topological polar surface area (TPSA) is 98.0 Å². The molecule has 1 aromatic carbocycles. The molecule has 0 bridgehead atoms. The highest BCUT2D eigenvalue weighted by molar-refractivity contribution is 5.50. The van der Waals surface area contributed by atoms with Crippen molar-refractivity contribution in [2.75, 3.05) is 11.5 Å². The summed E-state index contributed by atoms with van der Waals surface area (Å²) >= 11 is 0. The van der Waals surface area contributed by atoms with Crippen LogP contribution in [0, 0.1) is 0 Å². The Bertz CT molecular complexity index is 684. The van der Waals surface area contributed by atoms with Gasteiger partial charge in [0.25, 0.3) is 0 Å². The van der Waals surface area contributed by atoms with Gasteiger partial charge >= 0.3 is 0 Å². The SMILES string of the molecule is CCC(C)c1cc(Cc2cnc(N)nc2N)cc(C(C)CC)c1O. The molecule has 2 rings (SSSR count). The van der Waals surface area contributed by atoms with Crippen LogP contribution in [0.25, 0.3) is 0 Å². The van der Waals surface area contributed by atoms with E-state index in [4.69, 9.17) is 11.5 Å². The van der Waals surface area contributed by atoms with Crippen LogP contribution in [0.5, 0.6) is 5.75 Å². The molecule has 0 saturated heterocycles. The number of phenolic OH excluding ortho intramolecular Hbond substituents is 1. The van der Waals surface area contributed by atoms with Crippen LogP contribution in [0.1, 0.15) is 74.6 Å². The van der Waals surface area contributed by atoms with Crippen molar-refractivity contribution >= 4 is 11.8 Å². The van der Waals surface area contributed by atoms with Gasteiger partial charge in [-0.1, -0.05) is 39.8 Å². The number of nitrogens with two attached hydrogens (primary N) is 2. The van der Waals surface area contributed by atoms with Crippen molar-refractivity contribution in [3.8, 4) is 5.75 Å². The van der Waals surface area contributed by atoms with Crippen molar-refractivity contribution in [2.45, 2.75) is 58.8 Å². The Balaban J connectivity index is 2.48. The summed E-state index contributed by atoms with van der Waals surface area (Å²) in [5.41, 5.74) is 15.5. The van der Waals surface area contributed by atoms with E-state index in [0.717, 1.165) is 35.1 Å². The maximum Gasteiger partial charge on any atom is 0.221 e. The van der Waals surface area contributed by atoms with E-state index in [1.54, 1.807) is 6.20 Å². The zero-order valence-electron chi connectivity index (χ0n) is 15.0. The van der Waals surface area contributed by atoms with Crippen LogP contribution in [0.15, 0.2) is 18.3 Å². The molecule has 0 amide bonds. The van der Waals surface area contributed by atoms with Gasteiger partial charge in [0.2, 0.25) is 5.95 Å². The molecule has 0 aliphatic rings. The Kier molecular flexibility index (Phi) is 5.65. The van der Waals surface area contributed by atoms with Crippen LogP contribution in [0.2, 0.25) is 0 Å². The first-order valence-electron chi connectivity index (χ1n) is 8.59. The van der Waals surface area contributed by atoms with E-state index in [0.29, 0.717) is 29.8 Å². The van der Waals surface area contributed by atoms with Gasteiger partial charge in [-0.05, 0) is 41.4 Å². The average Bonchev–Trinajstić information content (AvgIpc) is 2.57. The summed E-state index contributed by atoms with van der Waals surface area (Å²) in [5, 5.41) is 10.7. The minimum Gasteiger partial charge on any atom is -0.507 e. The smallest absolute Gasteiger partial charge is 0.221 e. The first-order valence-corrected chi connectivity index (χ1v) is 8.59. The molecule has 130 valence electrons. The van der Waals surface area contributed by atoms with E-state index < -0.39 is 0 Å². The third kappa shape index (κ3) is 3.78. The Morgan fingerprint density at radius 3 is 2.04 bits per heavy atom. The molecule has 24 heavy (non-hydrogen) atoms. The molecule has 5 nitrogen and oxygen atoms in total. The molecule has 0 aliphatic carbocycles. The molecule has 1 aromatic heterocycles. The predicted octanol–water partition coefficient (Wildman–Crippen LogP) is 3.96. The monoisotopic (exact) mass is 328 g/mol. The molecule has 5 heteroatoms. The molecular weight excluding hydrogens is 300 g/mol. The summed E-state index contributed by atoms with van der Waals surface area (Å²) in [6.07, 6.45) is 4.25. The van der Waals surface area contributed by atoms with Crippen LogP contribution < -0.4 is 11.5 Å². The molecule has 2 aromatic rings. The highest BCUT2D eigenvalue weighted by atomic mass is 16.3. The number of rotatable bonds is 6. The van der Waals surface area contributed by atoms with Gasteiger partial charge in [0.1, 0.15) is 11.6 Å². The number of anilines is 2. The molecule has 1 heterocycles. The Labute approximate surface area is 144 Å². The van der Waals surface area contributed by atoms with Gasteiger partial charge in [-0.2, -0.15) is 4.98 Å². The highest BCUT2D eigenvalue weighted by Gasteiger charge is 2.18. The van der Waals surface area contributed by atoms with Crippen molar-refractivity contribution in [1.29, 1.82) is 0 Å². The minimum atomic E-state index is 0.183. The lowest BCUT2D eigenvalue weighted by atomic mass is 9.87. The Morgan fingerprint density at radius 2 is 1.58 bits per heavy atom. The highest BCUT2D eigenvalue weighted by Crippen LogP contribution is 2.37. The van der Waals surface area contributed by atoms with Crippen LogP contribution in [-0.2, 0) is 6.42 Å². The van der Waals surface area contributed by atoms with E-state index >= 15 is 0 Å². The molecule has 0 spiro atoms. The summed E-state index contributed by atoms with van der Waals surface area (Å²) in [4.78, 5) is 8.07. The first kappa shape index (κ1) is 18.0. The van der Waals surface area contributed by atoms with Gasteiger partial charge in [-0.25, -0.2) is 4.98 Å². The van der Waals surface area contributed by atoms with Crippen LogP contribution in [-0.4, -0.2) is 15.1 Å². The van der Waals surface area contributed by atoms with Crippen LogP contribution >= 0.6 is 0 Å². The zero-order valence-corrected chi connectivity index (χ0v) is 15.0. The fourth-order valence-electron chi connectivity index (χ4n) is 2.83. The predicted molar refractivity (Wildman–Crippen MR) is 99.2 cm³/mol. The summed E-state index contributed by atoms with van der Waals surface area (Å²) in [6, 6.07) is 4.15. The van der Waals surface area contributed by atoms with Gasteiger partial charge in [-0.15, -0.1) is 0 Å². The summed E-state index contributed by atoms with van der Waals surface area (Å²) < 4.78 is 0. The van der Waals surface area contributed by atoms with Crippen molar-refractivity contribution in [3.05, 3.63) is 40.6 Å². The van der Waals surface area contributed by atoms with Crippen LogP contribution in [0.4, 0.5) is 11.8 Å². The number of aromatic hydroxyl groups is 1. The molecule has 0 fully saturated rings. The van der Waals surface area contributed by atoms with E-state index in [1.807, 2.05) is 0 Å². The Morgan fingerprint density at radius 1 is 1.04 bits per heavy atom. The lowest BCUT2D eigenvalue weighted by Gasteiger charge is -2.20. The molecule has 0 aliphatic heterocycles. The number of aromatic nitrogens is 2. The minimum absolute atomic E-state index is 0.183. The largest absolute Gasteiger partial charge is 0.507 e. The molecule has 2 unspecified atom stereocenters. The second-order valence-corrected chi connectivity index (χ2v) is 6.56. The van der Waals surface area contributed by atoms with Gasteiger partial charge in [-0.3, -0.25) is 0 Å². The Hall–Kier alpha value is -2.30. The summed E-state index contributed by atoms with van der Waals surface area (Å²) in [6.45, 7) is 8.54. The van der Waals surface area contributed by atoms with Gasteiger partial charge in [0.15, 0.2) is 0 Å². The standard InChI is InChI=1S/C19H28N4O/c1-5-11(3)15-8-13(9-16(17(15)24)12(4)6-2)7-14-10-22-19(21)23-18(14)20/h8-12,24H,5-7H2,1-4H3,(H4,20,21,22,23). The van der Waals surface area contributed by atoms with E-state index in [1.165, 1.54) is 0 Å². The molecule has 0 saturated carbocycles. The summed E-state index contributed by atoms with van der Waals surface area (Å²) in [7, 11) is 0. The number of phenols is 1. The lowest BCUT2D eigenvalue weighted by Crippen LogP contribution is -2.06. The van der Waals surface area contributed by atoms with Crippen LogP contribution in [0.3, 0.4) is 0 Å². The second kappa shape index (κ2) is 7.51. The maximum absolute atomic E-state index is 10.7. The van der Waals surface area contributed by atoms with E-state index in [-0.39, 0.29) is 5.95 Å². The van der Waals surface area contributed by atoms with Crippen molar-refractivity contribution in [2.24, 2.45) is 0 Å². The second-order valence-electron chi connectivity index (χ2n) is 6.56. The van der Waals surface area contributed by atoms with Gasteiger partial charge in [0.05, 0.1) is 0 Å². The first-order chi connectivity index (χ1) is 11.4. The number of hydrogen-bond acceptors (Lipinski definition) is 5. The third-order valence-electron chi connectivity index (χ3n) is 4.83. The zero-order chi connectivity index (χ0) is 17.9. The number of nitrogen functional groups attached to an aromatic ring is 2. The van der Waals surface area contributed by atoms with Crippen molar-refractivity contribution in [1.82, 2.24) is 9.97 Å². The number of hydrogen-bond donors (Lipinski definition) is 3. The fourth-order valence-corrected chi connectivity index (χ4v) is 2.83. The normalized spacial score (nSPS) is 13.7. The van der Waals surface area contributed by atoms with Gasteiger partial charge in [0, 0.05) is 18.2 Å². The maximum atomic E-state index is 10.7. The van der Waals surface area contributed by atoms with Crippen molar-refractivity contribution in [3.63, 3.8) is 0 Å². The molecular formula is C19H28N4O. The third-order valence-corrected chi connectivity index (χ3v) is 4.83. The fraction of sp³-hybridized carbons (Fsp3) is 0.474. The molecule has 0 radical (unpaired) electrons. The number of nitrogens with zero attached hydrogens (tertiary/aromatic N) is 2. The summed E-state index contributed by atoms with van der Waals surface area (Å²) in [5.74, 6) is 1.62. The lowest BCUT2D eigenvalue weighted by molar-refractivity contribution is 0.448. The quantitative estimate of drug-likeness (QED) is 0.745. The molecule has 5 N–H and O–H groups in total. The molecule has 2 atom stereocenters. The van der Waals surface area contributed by atoms with Crippen molar-refractivity contribution < 1.29 is 5.11 Å². The van der Waals surface area contributed by atoms with E-state index in [9.17, 15) is 5.11 Å². The average molecular weight is 328 g/mol. The van der Waals surface area contributed by atoms with Gasteiger partial charge < -0.3 is 16.6 Å².